The first-order chi connectivity index (χ1) is 9.27. The third-order valence-electron chi connectivity index (χ3n) is 3.11. The fourth-order valence-electron chi connectivity index (χ4n) is 2.29. The van der Waals surface area contributed by atoms with E-state index in [2.05, 4.69) is 10.2 Å². The number of hydrogen-bond donors (Lipinski definition) is 0. The molecule has 0 saturated carbocycles. The van der Waals surface area contributed by atoms with Crippen LogP contribution in [0.5, 0.6) is 0 Å². The Bertz CT molecular complexity index is 805. The Balaban J connectivity index is 2.56. The molecule has 3 rings (SSSR count). The third-order valence-corrected chi connectivity index (χ3v) is 3.74. The summed E-state index contributed by atoms with van der Waals surface area (Å²) in [7, 11) is 0. The molecule has 0 saturated heterocycles. The van der Waals surface area contributed by atoms with Gasteiger partial charge in [-0.25, -0.2) is 0 Å². The zero-order valence-electron chi connectivity index (χ0n) is 10.8. The highest BCUT2D eigenvalue weighted by molar-refractivity contribution is 7.98. The van der Waals surface area contributed by atoms with E-state index in [-0.39, 0.29) is 5.56 Å². The van der Waals surface area contributed by atoms with Crippen molar-refractivity contribution in [2.75, 3.05) is 6.26 Å². The minimum absolute atomic E-state index is 0.00463. The average Bonchev–Trinajstić information content (AvgIpc) is 2.87. The van der Waals surface area contributed by atoms with Crippen molar-refractivity contribution in [2.45, 2.75) is 25.0 Å². The smallest absolute Gasteiger partial charge is 0.262 e. The molecule has 19 heavy (non-hydrogen) atoms. The molecule has 2 aromatic heterocycles. The number of aryl methyl sites for hydroxylation is 1. The molecular weight excluding hydrogens is 260 g/mol. The predicted molar refractivity (Wildman–Crippen MR) is 76.8 cm³/mol. The van der Waals surface area contributed by atoms with Gasteiger partial charge in [-0.3, -0.25) is 13.8 Å². The lowest BCUT2D eigenvalue weighted by atomic mass is 10.2. The second-order valence-electron chi connectivity index (χ2n) is 4.30. The number of fused-ring (bicyclic) bond motifs is 3. The van der Waals surface area contributed by atoms with Gasteiger partial charge in [-0.05, 0) is 24.8 Å². The summed E-state index contributed by atoms with van der Waals surface area (Å²) in [6.45, 7) is 2.70. The lowest BCUT2D eigenvalue weighted by Gasteiger charge is -2.09. The number of nitrogens with zero attached hydrogens (tertiary/aromatic N) is 4. The largest absolute Gasteiger partial charge is 0.276 e. The van der Waals surface area contributed by atoms with Crippen molar-refractivity contribution < 1.29 is 0 Å². The van der Waals surface area contributed by atoms with Crippen molar-refractivity contribution in [1.29, 1.82) is 0 Å². The molecule has 3 aromatic rings. The summed E-state index contributed by atoms with van der Waals surface area (Å²) < 4.78 is 3.66. The molecule has 6 heteroatoms. The molecule has 0 radical (unpaired) electrons. The van der Waals surface area contributed by atoms with E-state index in [1.54, 1.807) is 4.57 Å². The van der Waals surface area contributed by atoms with Crippen LogP contribution < -0.4 is 5.56 Å². The summed E-state index contributed by atoms with van der Waals surface area (Å²) in [6.07, 6.45) is 2.84. The van der Waals surface area contributed by atoms with E-state index in [0.29, 0.717) is 17.7 Å². The maximum atomic E-state index is 12.5. The van der Waals surface area contributed by atoms with Gasteiger partial charge < -0.3 is 0 Å². The molecule has 0 aliphatic carbocycles. The number of thioether (sulfide) groups is 1. The van der Waals surface area contributed by atoms with Gasteiger partial charge in [0.05, 0.1) is 10.9 Å². The summed E-state index contributed by atoms with van der Waals surface area (Å²) in [5.74, 6) is 0.620. The van der Waals surface area contributed by atoms with Crippen LogP contribution >= 0.6 is 11.8 Å². The van der Waals surface area contributed by atoms with Crippen LogP contribution in [0.2, 0.25) is 0 Å². The van der Waals surface area contributed by atoms with Crippen molar-refractivity contribution in [2.24, 2.45) is 0 Å². The Morgan fingerprint density at radius 3 is 2.79 bits per heavy atom. The standard InChI is InChI=1S/C13H14N4OS/c1-3-8-16-11(18)9-6-4-5-7-10(9)17-12(16)14-15-13(17)19-2/h4-7H,3,8H2,1-2H3. The Hall–Kier alpha value is -1.82. The number of rotatable bonds is 3. The molecule has 0 atom stereocenters. The van der Waals surface area contributed by atoms with E-state index in [4.69, 9.17) is 0 Å². The van der Waals surface area contributed by atoms with E-state index in [1.165, 1.54) is 11.8 Å². The van der Waals surface area contributed by atoms with Crippen molar-refractivity contribution in [3.05, 3.63) is 34.6 Å². The molecule has 0 bridgehead atoms. The van der Waals surface area contributed by atoms with Crippen LogP contribution in [0.3, 0.4) is 0 Å². The summed E-state index contributed by atoms with van der Waals surface area (Å²) in [5.41, 5.74) is 0.870. The van der Waals surface area contributed by atoms with E-state index in [9.17, 15) is 4.79 Å². The molecule has 0 fully saturated rings. The summed E-state index contributed by atoms with van der Waals surface area (Å²) >= 11 is 1.53. The molecule has 0 N–H and O–H groups in total. The van der Waals surface area contributed by atoms with Gasteiger partial charge in [0.25, 0.3) is 5.56 Å². The fourth-order valence-corrected chi connectivity index (χ4v) is 2.78. The van der Waals surface area contributed by atoms with Crippen LogP contribution in [0.25, 0.3) is 16.7 Å². The summed E-state index contributed by atoms with van der Waals surface area (Å²) in [5, 5.41) is 9.85. The second-order valence-corrected chi connectivity index (χ2v) is 5.07. The van der Waals surface area contributed by atoms with Gasteiger partial charge in [0.2, 0.25) is 5.78 Å². The Morgan fingerprint density at radius 2 is 2.05 bits per heavy atom. The fraction of sp³-hybridized carbons (Fsp3) is 0.308. The number of para-hydroxylation sites is 1. The van der Waals surface area contributed by atoms with E-state index < -0.39 is 0 Å². The lowest BCUT2D eigenvalue weighted by molar-refractivity contribution is 0.662. The van der Waals surface area contributed by atoms with Crippen LogP contribution in [-0.4, -0.2) is 25.4 Å². The van der Waals surface area contributed by atoms with Crippen LogP contribution in [0, 0.1) is 0 Å². The van der Waals surface area contributed by atoms with Gasteiger partial charge in [0, 0.05) is 6.54 Å². The minimum atomic E-state index is 0.00463. The maximum absolute atomic E-state index is 12.5. The number of benzene rings is 1. The molecule has 0 unspecified atom stereocenters. The molecule has 0 aliphatic heterocycles. The van der Waals surface area contributed by atoms with Crippen LogP contribution in [0.4, 0.5) is 0 Å². The number of aromatic nitrogens is 4. The Morgan fingerprint density at radius 1 is 1.26 bits per heavy atom. The normalized spacial score (nSPS) is 11.5. The minimum Gasteiger partial charge on any atom is -0.276 e. The summed E-state index contributed by atoms with van der Waals surface area (Å²) in [6, 6.07) is 7.60. The SMILES string of the molecule is CCCn1c(=O)c2ccccc2n2c(SC)nnc12. The molecule has 2 heterocycles. The zero-order valence-corrected chi connectivity index (χ0v) is 11.6. The van der Waals surface area contributed by atoms with Gasteiger partial charge in [-0.15, -0.1) is 10.2 Å². The molecular formula is C13H14N4OS. The molecule has 0 aliphatic rings. The van der Waals surface area contributed by atoms with E-state index in [0.717, 1.165) is 17.1 Å². The monoisotopic (exact) mass is 274 g/mol. The predicted octanol–water partition coefficient (Wildman–Crippen LogP) is 2.18. The molecule has 0 amide bonds. The van der Waals surface area contributed by atoms with Crippen LogP contribution in [-0.2, 0) is 6.54 Å². The van der Waals surface area contributed by atoms with Crippen molar-refractivity contribution in [3.63, 3.8) is 0 Å². The molecule has 5 nitrogen and oxygen atoms in total. The Kier molecular flexibility index (Phi) is 3.02. The molecule has 0 spiro atoms. The van der Waals surface area contributed by atoms with Gasteiger partial charge in [0.1, 0.15) is 0 Å². The van der Waals surface area contributed by atoms with Gasteiger partial charge >= 0.3 is 0 Å². The Labute approximate surface area is 114 Å². The van der Waals surface area contributed by atoms with E-state index in [1.807, 2.05) is 41.8 Å². The van der Waals surface area contributed by atoms with Gasteiger partial charge in [0.15, 0.2) is 5.16 Å². The highest BCUT2D eigenvalue weighted by Crippen LogP contribution is 2.19. The van der Waals surface area contributed by atoms with Crippen molar-refractivity contribution >= 4 is 28.4 Å². The first kappa shape index (κ1) is 12.2. The summed E-state index contributed by atoms with van der Waals surface area (Å²) in [4.78, 5) is 12.5. The number of hydrogen-bond acceptors (Lipinski definition) is 4. The van der Waals surface area contributed by atoms with Gasteiger partial charge in [-0.1, -0.05) is 30.8 Å². The second kappa shape index (κ2) is 4.70. The maximum Gasteiger partial charge on any atom is 0.262 e. The van der Waals surface area contributed by atoms with Gasteiger partial charge in [-0.2, -0.15) is 0 Å². The quantitative estimate of drug-likeness (QED) is 0.687. The van der Waals surface area contributed by atoms with Crippen LogP contribution in [0.1, 0.15) is 13.3 Å². The zero-order chi connectivity index (χ0) is 13.4. The van der Waals surface area contributed by atoms with E-state index >= 15 is 0 Å². The van der Waals surface area contributed by atoms with Crippen LogP contribution in [0.15, 0.2) is 34.2 Å². The van der Waals surface area contributed by atoms with Crippen molar-refractivity contribution in [3.8, 4) is 0 Å². The topological polar surface area (TPSA) is 52.2 Å². The molecule has 98 valence electrons. The molecule has 1 aromatic carbocycles. The highest BCUT2D eigenvalue weighted by atomic mass is 32.2. The average molecular weight is 274 g/mol. The first-order valence-corrected chi connectivity index (χ1v) is 7.41. The first-order valence-electron chi connectivity index (χ1n) is 6.18. The lowest BCUT2D eigenvalue weighted by Crippen LogP contribution is -2.23. The highest BCUT2D eigenvalue weighted by Gasteiger charge is 2.14. The third kappa shape index (κ3) is 1.74. The van der Waals surface area contributed by atoms with Crippen molar-refractivity contribution in [1.82, 2.24) is 19.2 Å².